The van der Waals surface area contributed by atoms with Gasteiger partial charge in [0, 0.05) is 12.1 Å². The molecule has 1 heterocycles. The van der Waals surface area contributed by atoms with Gasteiger partial charge in [-0.15, -0.1) is 0 Å². The Kier molecular flexibility index (Phi) is 4.11. The average molecular weight is 231 g/mol. The fraction of sp³-hybridized carbons (Fsp3) is 0.556. The Bertz CT molecular complexity index is 377. The zero-order valence-corrected chi connectivity index (χ0v) is 9.51. The number of aromatic amines is 1. The number of hydrogen-bond donors (Lipinski definition) is 3. The number of rotatable bonds is 4. The minimum atomic E-state index is -0.345. The van der Waals surface area contributed by atoms with Crippen molar-refractivity contribution in [3.8, 4) is 0 Å². The van der Waals surface area contributed by atoms with Gasteiger partial charge >= 0.3 is 0 Å². The topological polar surface area (TPSA) is 83.8 Å². The lowest BCUT2D eigenvalue weighted by Crippen LogP contribution is -2.27. The fourth-order valence-electron chi connectivity index (χ4n) is 1.33. The summed E-state index contributed by atoms with van der Waals surface area (Å²) in [4.78, 5) is 17.5. The number of hydrogen-bond acceptors (Lipinski definition) is 4. The molecule has 1 aromatic rings. The third kappa shape index (κ3) is 3.53. The first-order valence-electron chi connectivity index (χ1n) is 4.76. The van der Waals surface area contributed by atoms with Crippen LogP contribution in [0.5, 0.6) is 0 Å². The van der Waals surface area contributed by atoms with Crippen LogP contribution < -0.4 is 16.6 Å². The van der Waals surface area contributed by atoms with Gasteiger partial charge in [-0.25, -0.2) is 4.98 Å². The van der Waals surface area contributed by atoms with Gasteiger partial charge in [-0.3, -0.25) is 4.79 Å². The SMILES string of the molecule is CC(N)CC(C)Nc1nc[nH]c(=O)c1Cl. The van der Waals surface area contributed by atoms with Gasteiger partial charge in [0.25, 0.3) is 5.56 Å². The molecule has 0 amide bonds. The van der Waals surface area contributed by atoms with Crippen molar-refractivity contribution in [2.75, 3.05) is 5.32 Å². The van der Waals surface area contributed by atoms with E-state index in [-0.39, 0.29) is 22.7 Å². The predicted octanol–water partition coefficient (Wildman–Crippen LogP) is 0.961. The first kappa shape index (κ1) is 12.0. The van der Waals surface area contributed by atoms with E-state index in [1.165, 1.54) is 6.33 Å². The molecule has 1 aromatic heterocycles. The summed E-state index contributed by atoms with van der Waals surface area (Å²) in [5.41, 5.74) is 5.31. The molecule has 2 atom stereocenters. The highest BCUT2D eigenvalue weighted by atomic mass is 35.5. The molecule has 4 N–H and O–H groups in total. The second-order valence-corrected chi connectivity index (χ2v) is 4.03. The monoisotopic (exact) mass is 230 g/mol. The molecule has 15 heavy (non-hydrogen) atoms. The molecule has 84 valence electrons. The van der Waals surface area contributed by atoms with Crippen LogP contribution in [-0.2, 0) is 0 Å². The highest BCUT2D eigenvalue weighted by Gasteiger charge is 2.10. The van der Waals surface area contributed by atoms with Crippen molar-refractivity contribution < 1.29 is 0 Å². The lowest BCUT2D eigenvalue weighted by Gasteiger charge is -2.16. The van der Waals surface area contributed by atoms with Crippen molar-refractivity contribution >= 4 is 17.4 Å². The molecule has 0 fully saturated rings. The van der Waals surface area contributed by atoms with Crippen molar-refractivity contribution in [1.29, 1.82) is 0 Å². The summed E-state index contributed by atoms with van der Waals surface area (Å²) in [7, 11) is 0. The molecule has 0 aliphatic rings. The second-order valence-electron chi connectivity index (χ2n) is 3.65. The van der Waals surface area contributed by atoms with Gasteiger partial charge in [-0.1, -0.05) is 11.6 Å². The summed E-state index contributed by atoms with van der Waals surface area (Å²) in [6.07, 6.45) is 2.10. The highest BCUT2D eigenvalue weighted by Crippen LogP contribution is 2.14. The summed E-state index contributed by atoms with van der Waals surface area (Å²) in [5, 5.41) is 3.12. The Morgan fingerprint density at radius 2 is 2.33 bits per heavy atom. The minimum absolute atomic E-state index is 0.0778. The molecule has 0 bridgehead atoms. The van der Waals surface area contributed by atoms with Crippen molar-refractivity contribution in [2.45, 2.75) is 32.4 Å². The second kappa shape index (κ2) is 5.14. The Morgan fingerprint density at radius 1 is 1.67 bits per heavy atom. The van der Waals surface area contributed by atoms with Crippen LogP contribution in [-0.4, -0.2) is 22.1 Å². The predicted molar refractivity (Wildman–Crippen MR) is 61.2 cm³/mol. The zero-order chi connectivity index (χ0) is 11.4. The van der Waals surface area contributed by atoms with Crippen LogP contribution in [0.1, 0.15) is 20.3 Å². The maximum Gasteiger partial charge on any atom is 0.271 e. The number of nitrogens with one attached hydrogen (secondary N) is 2. The van der Waals surface area contributed by atoms with E-state index in [0.717, 1.165) is 6.42 Å². The van der Waals surface area contributed by atoms with Gasteiger partial charge in [0.15, 0.2) is 5.82 Å². The van der Waals surface area contributed by atoms with Crippen LogP contribution in [0.25, 0.3) is 0 Å². The summed E-state index contributed by atoms with van der Waals surface area (Å²) < 4.78 is 0. The van der Waals surface area contributed by atoms with Crippen LogP contribution in [0, 0.1) is 0 Å². The molecule has 6 heteroatoms. The summed E-state index contributed by atoms with van der Waals surface area (Å²) in [5.74, 6) is 0.397. The molecule has 0 saturated carbocycles. The zero-order valence-electron chi connectivity index (χ0n) is 8.75. The molecule has 5 nitrogen and oxygen atoms in total. The lowest BCUT2D eigenvalue weighted by atomic mass is 10.1. The van der Waals surface area contributed by atoms with Crippen molar-refractivity contribution in [3.05, 3.63) is 21.7 Å². The molecule has 0 aliphatic heterocycles. The Hall–Kier alpha value is -1.07. The van der Waals surface area contributed by atoms with Crippen LogP contribution in [0.2, 0.25) is 5.02 Å². The fourth-order valence-corrected chi connectivity index (χ4v) is 1.49. The normalized spacial score (nSPS) is 14.7. The number of nitrogens with two attached hydrogens (primary N) is 1. The van der Waals surface area contributed by atoms with Crippen molar-refractivity contribution in [1.82, 2.24) is 9.97 Å². The van der Waals surface area contributed by atoms with Crippen LogP contribution >= 0.6 is 11.6 Å². The van der Waals surface area contributed by atoms with Gasteiger partial charge in [0.2, 0.25) is 0 Å². The van der Waals surface area contributed by atoms with E-state index in [4.69, 9.17) is 17.3 Å². The van der Waals surface area contributed by atoms with Gasteiger partial charge in [0.1, 0.15) is 5.02 Å². The van der Waals surface area contributed by atoms with Gasteiger partial charge in [0.05, 0.1) is 6.33 Å². The molecule has 0 spiro atoms. The van der Waals surface area contributed by atoms with E-state index in [1.54, 1.807) is 0 Å². The Labute approximate surface area is 93.0 Å². The number of halogens is 1. The van der Waals surface area contributed by atoms with Crippen LogP contribution in [0.15, 0.2) is 11.1 Å². The molecular formula is C9H15ClN4O. The summed E-state index contributed by atoms with van der Waals surface area (Å²) in [6, 6.07) is 0.213. The minimum Gasteiger partial charge on any atom is -0.366 e. The van der Waals surface area contributed by atoms with E-state index in [0.29, 0.717) is 5.82 Å². The van der Waals surface area contributed by atoms with E-state index in [2.05, 4.69) is 15.3 Å². The quantitative estimate of drug-likeness (QED) is 0.720. The molecule has 0 saturated heterocycles. The third-order valence-electron chi connectivity index (χ3n) is 1.91. The van der Waals surface area contributed by atoms with E-state index >= 15 is 0 Å². The standard InChI is InChI=1S/C9H15ClN4O/c1-5(11)3-6(2)14-8-7(10)9(15)13-4-12-8/h4-6H,3,11H2,1-2H3,(H2,12,13,14,15). The van der Waals surface area contributed by atoms with E-state index < -0.39 is 0 Å². The Balaban J connectivity index is 2.72. The van der Waals surface area contributed by atoms with Gasteiger partial charge in [-0.05, 0) is 20.3 Å². The molecular weight excluding hydrogens is 216 g/mol. The summed E-state index contributed by atoms with van der Waals surface area (Å²) >= 11 is 5.77. The number of anilines is 1. The largest absolute Gasteiger partial charge is 0.366 e. The van der Waals surface area contributed by atoms with Gasteiger partial charge in [-0.2, -0.15) is 0 Å². The van der Waals surface area contributed by atoms with Crippen molar-refractivity contribution in [2.24, 2.45) is 5.73 Å². The van der Waals surface area contributed by atoms with Crippen LogP contribution in [0.3, 0.4) is 0 Å². The maximum atomic E-state index is 11.2. The molecule has 0 radical (unpaired) electrons. The van der Waals surface area contributed by atoms with Crippen LogP contribution in [0.4, 0.5) is 5.82 Å². The van der Waals surface area contributed by atoms with Gasteiger partial charge < -0.3 is 16.0 Å². The highest BCUT2D eigenvalue weighted by molar-refractivity contribution is 6.32. The lowest BCUT2D eigenvalue weighted by molar-refractivity contribution is 0.603. The molecule has 0 aliphatic carbocycles. The van der Waals surface area contributed by atoms with E-state index in [1.807, 2.05) is 13.8 Å². The average Bonchev–Trinajstić information content (AvgIpc) is 2.11. The van der Waals surface area contributed by atoms with Crippen molar-refractivity contribution in [3.63, 3.8) is 0 Å². The van der Waals surface area contributed by atoms with E-state index in [9.17, 15) is 4.79 Å². The third-order valence-corrected chi connectivity index (χ3v) is 2.26. The smallest absolute Gasteiger partial charge is 0.271 e. The molecule has 2 unspecified atom stereocenters. The number of aromatic nitrogens is 2. The number of H-pyrrole nitrogens is 1. The first-order valence-corrected chi connectivity index (χ1v) is 5.13. The first-order chi connectivity index (χ1) is 7.00. The number of nitrogens with zero attached hydrogens (tertiary/aromatic N) is 1. The Morgan fingerprint density at radius 3 is 2.93 bits per heavy atom. The summed E-state index contributed by atoms with van der Waals surface area (Å²) in [6.45, 7) is 3.88. The molecule has 0 aromatic carbocycles. The molecule has 1 rings (SSSR count). The maximum absolute atomic E-state index is 11.2.